The molecule has 0 radical (unpaired) electrons. The summed E-state index contributed by atoms with van der Waals surface area (Å²) in [4.78, 5) is 2.41. The Labute approximate surface area is 123 Å². The molecule has 1 saturated heterocycles. The Bertz CT molecular complexity index is 439. The molecule has 112 valence electrons. The third-order valence-corrected chi connectivity index (χ3v) is 3.89. The SMILES string of the molecule is COc1cccc(N2CC(N)CC(CC(C)(C)C)C2)c1. The molecule has 2 unspecified atom stereocenters. The minimum absolute atomic E-state index is 0.266. The van der Waals surface area contributed by atoms with Crippen LogP contribution < -0.4 is 15.4 Å². The summed E-state index contributed by atoms with van der Waals surface area (Å²) in [6.45, 7) is 8.96. The lowest BCUT2D eigenvalue weighted by Crippen LogP contribution is -2.47. The van der Waals surface area contributed by atoms with E-state index in [1.54, 1.807) is 7.11 Å². The molecule has 1 aromatic carbocycles. The predicted molar refractivity (Wildman–Crippen MR) is 85.4 cm³/mol. The maximum Gasteiger partial charge on any atom is 0.120 e. The Morgan fingerprint density at radius 2 is 2.05 bits per heavy atom. The monoisotopic (exact) mass is 276 g/mol. The summed E-state index contributed by atoms with van der Waals surface area (Å²) in [5.74, 6) is 1.58. The number of nitrogens with two attached hydrogens (primary N) is 1. The average Bonchev–Trinajstić information content (AvgIpc) is 2.36. The number of hydrogen-bond donors (Lipinski definition) is 1. The van der Waals surface area contributed by atoms with Gasteiger partial charge >= 0.3 is 0 Å². The van der Waals surface area contributed by atoms with E-state index >= 15 is 0 Å². The van der Waals surface area contributed by atoms with Crippen molar-refractivity contribution in [2.45, 2.75) is 39.7 Å². The van der Waals surface area contributed by atoms with E-state index in [0.717, 1.165) is 25.3 Å². The molecule has 1 aromatic rings. The zero-order chi connectivity index (χ0) is 14.8. The fourth-order valence-electron chi connectivity index (χ4n) is 3.28. The van der Waals surface area contributed by atoms with Crippen molar-refractivity contribution in [3.8, 4) is 5.75 Å². The number of nitrogens with zero attached hydrogens (tertiary/aromatic N) is 1. The first-order valence-corrected chi connectivity index (χ1v) is 7.52. The van der Waals surface area contributed by atoms with Gasteiger partial charge in [0, 0.05) is 30.9 Å². The number of anilines is 1. The minimum atomic E-state index is 0.266. The van der Waals surface area contributed by atoms with Gasteiger partial charge < -0.3 is 15.4 Å². The van der Waals surface area contributed by atoms with Gasteiger partial charge in [-0.05, 0) is 36.3 Å². The van der Waals surface area contributed by atoms with Crippen LogP contribution in [-0.4, -0.2) is 26.2 Å². The molecule has 3 nitrogen and oxygen atoms in total. The van der Waals surface area contributed by atoms with Crippen LogP contribution in [0, 0.1) is 11.3 Å². The highest BCUT2D eigenvalue weighted by Crippen LogP contribution is 2.32. The maximum absolute atomic E-state index is 6.27. The lowest BCUT2D eigenvalue weighted by molar-refractivity contribution is 0.253. The van der Waals surface area contributed by atoms with Gasteiger partial charge in [-0.15, -0.1) is 0 Å². The van der Waals surface area contributed by atoms with Crippen molar-refractivity contribution < 1.29 is 4.74 Å². The van der Waals surface area contributed by atoms with Crippen molar-refractivity contribution in [2.75, 3.05) is 25.1 Å². The fourth-order valence-corrected chi connectivity index (χ4v) is 3.28. The first kappa shape index (κ1) is 15.2. The number of benzene rings is 1. The average molecular weight is 276 g/mol. The molecule has 0 amide bonds. The second kappa shape index (κ2) is 6.04. The Balaban J connectivity index is 2.10. The highest BCUT2D eigenvalue weighted by atomic mass is 16.5. The Kier molecular flexibility index (Phi) is 4.59. The third kappa shape index (κ3) is 4.14. The molecule has 1 heterocycles. The van der Waals surface area contributed by atoms with Crippen LogP contribution in [0.25, 0.3) is 0 Å². The van der Waals surface area contributed by atoms with Gasteiger partial charge in [0.1, 0.15) is 5.75 Å². The minimum Gasteiger partial charge on any atom is -0.497 e. The van der Waals surface area contributed by atoms with Crippen molar-refractivity contribution in [1.29, 1.82) is 0 Å². The number of rotatable bonds is 3. The van der Waals surface area contributed by atoms with Gasteiger partial charge in [-0.25, -0.2) is 0 Å². The zero-order valence-electron chi connectivity index (χ0n) is 13.2. The van der Waals surface area contributed by atoms with Crippen LogP contribution in [0.1, 0.15) is 33.6 Å². The molecule has 1 aliphatic heterocycles. The standard InChI is InChI=1S/C17H28N2O/c1-17(2,3)10-13-8-14(18)12-19(11-13)15-6-5-7-16(9-15)20-4/h5-7,9,13-14H,8,10-12,18H2,1-4H3. The summed E-state index contributed by atoms with van der Waals surface area (Å²) in [6, 6.07) is 8.55. The molecule has 3 heteroatoms. The van der Waals surface area contributed by atoms with Gasteiger partial charge in [-0.1, -0.05) is 26.8 Å². The van der Waals surface area contributed by atoms with E-state index in [1.165, 1.54) is 12.1 Å². The Hall–Kier alpha value is -1.22. The van der Waals surface area contributed by atoms with Crippen LogP contribution in [0.3, 0.4) is 0 Å². The second-order valence-corrected chi connectivity index (χ2v) is 7.23. The van der Waals surface area contributed by atoms with Crippen LogP contribution in [-0.2, 0) is 0 Å². The molecule has 0 aliphatic carbocycles. The van der Waals surface area contributed by atoms with Gasteiger partial charge in [0.2, 0.25) is 0 Å². The van der Waals surface area contributed by atoms with Gasteiger partial charge in [-0.2, -0.15) is 0 Å². The molecular formula is C17H28N2O. The van der Waals surface area contributed by atoms with Crippen molar-refractivity contribution >= 4 is 5.69 Å². The first-order valence-electron chi connectivity index (χ1n) is 7.52. The van der Waals surface area contributed by atoms with E-state index in [0.29, 0.717) is 11.3 Å². The summed E-state index contributed by atoms with van der Waals surface area (Å²) in [6.07, 6.45) is 2.36. The van der Waals surface area contributed by atoms with Crippen LogP contribution in [0.5, 0.6) is 5.75 Å². The second-order valence-electron chi connectivity index (χ2n) is 7.23. The van der Waals surface area contributed by atoms with E-state index in [-0.39, 0.29) is 6.04 Å². The van der Waals surface area contributed by atoms with Crippen molar-refractivity contribution in [2.24, 2.45) is 17.1 Å². The molecule has 2 N–H and O–H groups in total. The Morgan fingerprint density at radius 1 is 1.30 bits per heavy atom. The quantitative estimate of drug-likeness (QED) is 0.920. The molecule has 0 saturated carbocycles. The summed E-state index contributed by atoms with van der Waals surface area (Å²) in [5, 5.41) is 0. The van der Waals surface area contributed by atoms with E-state index < -0.39 is 0 Å². The van der Waals surface area contributed by atoms with Crippen molar-refractivity contribution in [3.63, 3.8) is 0 Å². The molecule has 0 aromatic heterocycles. The van der Waals surface area contributed by atoms with E-state index in [9.17, 15) is 0 Å². The zero-order valence-corrected chi connectivity index (χ0v) is 13.2. The van der Waals surface area contributed by atoms with Crippen molar-refractivity contribution in [1.82, 2.24) is 0 Å². The van der Waals surface area contributed by atoms with Gasteiger partial charge in [-0.3, -0.25) is 0 Å². The van der Waals surface area contributed by atoms with E-state index in [2.05, 4.69) is 37.8 Å². The smallest absolute Gasteiger partial charge is 0.120 e. The van der Waals surface area contributed by atoms with Crippen LogP contribution in [0.2, 0.25) is 0 Å². The highest BCUT2D eigenvalue weighted by Gasteiger charge is 2.28. The van der Waals surface area contributed by atoms with Crippen LogP contribution >= 0.6 is 0 Å². The Morgan fingerprint density at radius 3 is 2.70 bits per heavy atom. The largest absolute Gasteiger partial charge is 0.497 e. The van der Waals surface area contributed by atoms with Gasteiger partial charge in [0.25, 0.3) is 0 Å². The van der Waals surface area contributed by atoms with Gasteiger partial charge in [0.15, 0.2) is 0 Å². The molecule has 20 heavy (non-hydrogen) atoms. The number of methoxy groups -OCH3 is 1. The van der Waals surface area contributed by atoms with E-state index in [1.807, 2.05) is 12.1 Å². The van der Waals surface area contributed by atoms with Crippen LogP contribution in [0.15, 0.2) is 24.3 Å². The van der Waals surface area contributed by atoms with Crippen LogP contribution in [0.4, 0.5) is 5.69 Å². The predicted octanol–water partition coefficient (Wildman–Crippen LogP) is 3.29. The fraction of sp³-hybridized carbons (Fsp3) is 0.647. The van der Waals surface area contributed by atoms with Gasteiger partial charge in [0.05, 0.1) is 7.11 Å². The third-order valence-electron chi connectivity index (χ3n) is 3.89. The summed E-state index contributed by atoms with van der Waals surface area (Å²) < 4.78 is 5.32. The topological polar surface area (TPSA) is 38.5 Å². The lowest BCUT2D eigenvalue weighted by Gasteiger charge is -2.40. The maximum atomic E-state index is 6.27. The highest BCUT2D eigenvalue weighted by molar-refractivity contribution is 5.51. The molecule has 2 atom stereocenters. The summed E-state index contributed by atoms with van der Waals surface area (Å²) >= 11 is 0. The first-order chi connectivity index (χ1) is 9.37. The normalized spacial score (nSPS) is 23.8. The molecule has 0 spiro atoms. The lowest BCUT2D eigenvalue weighted by atomic mass is 9.80. The molecular weight excluding hydrogens is 248 g/mol. The molecule has 1 fully saturated rings. The number of piperidine rings is 1. The number of hydrogen-bond acceptors (Lipinski definition) is 3. The summed E-state index contributed by atoms with van der Waals surface area (Å²) in [5.41, 5.74) is 7.85. The molecule has 0 bridgehead atoms. The summed E-state index contributed by atoms with van der Waals surface area (Å²) in [7, 11) is 1.71. The van der Waals surface area contributed by atoms with Crippen molar-refractivity contribution in [3.05, 3.63) is 24.3 Å². The molecule has 2 rings (SSSR count). The number of ether oxygens (including phenoxy) is 1. The van der Waals surface area contributed by atoms with E-state index in [4.69, 9.17) is 10.5 Å². The molecule has 1 aliphatic rings.